The largest absolute Gasteiger partial charge is 0.283 e. The van der Waals surface area contributed by atoms with Crippen molar-refractivity contribution in [3.63, 3.8) is 0 Å². The number of hydrogen-bond donors (Lipinski definition) is 1. The summed E-state index contributed by atoms with van der Waals surface area (Å²) in [6, 6.07) is 13.2. The van der Waals surface area contributed by atoms with E-state index in [9.17, 15) is 8.42 Å². The summed E-state index contributed by atoms with van der Waals surface area (Å²) in [5.74, 6) is -0.0871. The van der Waals surface area contributed by atoms with Crippen LogP contribution in [0.15, 0.2) is 55.1 Å². The molecule has 0 heterocycles. The van der Waals surface area contributed by atoms with Gasteiger partial charge in [0.2, 0.25) is 10.0 Å². The molecule has 0 aromatic heterocycles. The van der Waals surface area contributed by atoms with Gasteiger partial charge >= 0.3 is 0 Å². The quantitative estimate of drug-likeness (QED) is 0.844. The van der Waals surface area contributed by atoms with Crippen molar-refractivity contribution in [1.29, 1.82) is 0 Å². The SMILES string of the molecule is C=CCS(=O)(=O)Nc1cccc2ccccc12. The molecule has 0 saturated carbocycles. The summed E-state index contributed by atoms with van der Waals surface area (Å²) in [5, 5.41) is 1.90. The first kappa shape index (κ1) is 11.7. The Morgan fingerprint density at radius 3 is 2.59 bits per heavy atom. The van der Waals surface area contributed by atoms with Gasteiger partial charge in [0.25, 0.3) is 0 Å². The molecule has 0 aliphatic carbocycles. The third-order valence-electron chi connectivity index (χ3n) is 2.39. The Morgan fingerprint density at radius 1 is 1.12 bits per heavy atom. The number of anilines is 1. The van der Waals surface area contributed by atoms with E-state index in [1.54, 1.807) is 6.07 Å². The van der Waals surface area contributed by atoms with Crippen LogP contribution < -0.4 is 4.72 Å². The van der Waals surface area contributed by atoms with Crippen LogP contribution in [-0.4, -0.2) is 14.2 Å². The lowest BCUT2D eigenvalue weighted by molar-refractivity contribution is 0.604. The predicted molar refractivity (Wildman–Crippen MR) is 71.6 cm³/mol. The van der Waals surface area contributed by atoms with Gasteiger partial charge in [0.05, 0.1) is 11.4 Å². The fraction of sp³-hybridized carbons (Fsp3) is 0.0769. The molecule has 0 aliphatic rings. The smallest absolute Gasteiger partial charge is 0.236 e. The van der Waals surface area contributed by atoms with Crippen LogP contribution in [-0.2, 0) is 10.0 Å². The van der Waals surface area contributed by atoms with E-state index in [0.717, 1.165) is 10.8 Å². The van der Waals surface area contributed by atoms with Gasteiger partial charge < -0.3 is 0 Å². The molecule has 2 rings (SSSR count). The van der Waals surface area contributed by atoms with Crippen molar-refractivity contribution in [1.82, 2.24) is 0 Å². The van der Waals surface area contributed by atoms with Gasteiger partial charge in [-0.2, -0.15) is 0 Å². The molecule has 0 unspecified atom stereocenters. The molecule has 0 atom stereocenters. The number of fused-ring (bicyclic) bond motifs is 1. The summed E-state index contributed by atoms with van der Waals surface area (Å²) in [6.45, 7) is 3.43. The Balaban J connectivity index is 2.46. The zero-order valence-corrected chi connectivity index (χ0v) is 10.1. The highest BCUT2D eigenvalue weighted by molar-refractivity contribution is 7.92. The van der Waals surface area contributed by atoms with Crippen molar-refractivity contribution in [2.75, 3.05) is 10.5 Å². The van der Waals surface area contributed by atoms with E-state index in [-0.39, 0.29) is 5.75 Å². The second-order valence-electron chi connectivity index (χ2n) is 3.70. The van der Waals surface area contributed by atoms with E-state index in [1.165, 1.54) is 6.08 Å². The van der Waals surface area contributed by atoms with E-state index in [4.69, 9.17) is 0 Å². The second-order valence-corrected chi connectivity index (χ2v) is 5.47. The van der Waals surface area contributed by atoms with Crippen LogP contribution in [0.4, 0.5) is 5.69 Å². The molecule has 17 heavy (non-hydrogen) atoms. The monoisotopic (exact) mass is 247 g/mol. The first-order valence-electron chi connectivity index (χ1n) is 5.21. The Kier molecular flexibility index (Phi) is 3.15. The normalized spacial score (nSPS) is 11.3. The Morgan fingerprint density at radius 2 is 1.82 bits per heavy atom. The summed E-state index contributed by atoms with van der Waals surface area (Å²) in [5.41, 5.74) is 0.602. The molecule has 3 nitrogen and oxygen atoms in total. The third-order valence-corrected chi connectivity index (χ3v) is 3.60. The Labute approximate surface area is 101 Å². The van der Waals surface area contributed by atoms with Crippen molar-refractivity contribution >= 4 is 26.5 Å². The minimum absolute atomic E-state index is 0.0871. The molecule has 88 valence electrons. The lowest BCUT2D eigenvalue weighted by atomic mass is 10.1. The highest BCUT2D eigenvalue weighted by atomic mass is 32.2. The summed E-state index contributed by atoms with van der Waals surface area (Å²) < 4.78 is 25.9. The Bertz CT molecular complexity index is 642. The molecule has 0 radical (unpaired) electrons. The summed E-state index contributed by atoms with van der Waals surface area (Å²) in [4.78, 5) is 0. The van der Waals surface area contributed by atoms with Gasteiger partial charge in [-0.15, -0.1) is 6.58 Å². The minimum atomic E-state index is -3.34. The maximum atomic E-state index is 11.7. The molecule has 0 fully saturated rings. The maximum Gasteiger partial charge on any atom is 0.236 e. The van der Waals surface area contributed by atoms with Crippen LogP contribution >= 0.6 is 0 Å². The van der Waals surface area contributed by atoms with E-state index >= 15 is 0 Å². The van der Waals surface area contributed by atoms with E-state index in [0.29, 0.717) is 5.69 Å². The van der Waals surface area contributed by atoms with Gasteiger partial charge in [-0.25, -0.2) is 8.42 Å². The van der Waals surface area contributed by atoms with Crippen molar-refractivity contribution in [2.45, 2.75) is 0 Å². The molecular formula is C13H13NO2S. The second kappa shape index (κ2) is 4.59. The van der Waals surface area contributed by atoms with Gasteiger partial charge in [-0.3, -0.25) is 4.72 Å². The molecule has 2 aromatic rings. The molecule has 0 amide bonds. The first-order valence-corrected chi connectivity index (χ1v) is 6.87. The van der Waals surface area contributed by atoms with Crippen LogP contribution in [0.1, 0.15) is 0 Å². The minimum Gasteiger partial charge on any atom is -0.283 e. The zero-order valence-electron chi connectivity index (χ0n) is 9.26. The molecule has 0 saturated heterocycles. The molecular weight excluding hydrogens is 234 g/mol. The maximum absolute atomic E-state index is 11.7. The molecule has 4 heteroatoms. The fourth-order valence-corrected chi connectivity index (χ4v) is 2.59. The van der Waals surface area contributed by atoms with Crippen LogP contribution in [0.25, 0.3) is 10.8 Å². The van der Waals surface area contributed by atoms with Gasteiger partial charge in [-0.1, -0.05) is 42.5 Å². The van der Waals surface area contributed by atoms with Gasteiger partial charge in [-0.05, 0) is 11.5 Å². The highest BCUT2D eigenvalue weighted by Gasteiger charge is 2.09. The first-order chi connectivity index (χ1) is 8.12. The third kappa shape index (κ3) is 2.65. The van der Waals surface area contributed by atoms with E-state index in [1.807, 2.05) is 36.4 Å². The number of hydrogen-bond acceptors (Lipinski definition) is 2. The topological polar surface area (TPSA) is 46.2 Å². The number of rotatable bonds is 4. The fourth-order valence-electron chi connectivity index (χ4n) is 1.68. The number of sulfonamides is 1. The molecule has 0 aliphatic heterocycles. The lowest BCUT2D eigenvalue weighted by Crippen LogP contribution is -2.15. The highest BCUT2D eigenvalue weighted by Crippen LogP contribution is 2.23. The molecule has 0 spiro atoms. The number of benzene rings is 2. The predicted octanol–water partition coefficient (Wildman–Crippen LogP) is 2.77. The van der Waals surface area contributed by atoms with Crippen molar-refractivity contribution in [2.24, 2.45) is 0 Å². The zero-order chi connectivity index (χ0) is 12.3. The number of nitrogens with one attached hydrogen (secondary N) is 1. The average Bonchev–Trinajstić information content (AvgIpc) is 2.29. The van der Waals surface area contributed by atoms with Gasteiger partial charge in [0.15, 0.2) is 0 Å². The molecule has 2 aromatic carbocycles. The summed E-state index contributed by atoms with van der Waals surface area (Å²) in [7, 11) is -3.34. The van der Waals surface area contributed by atoms with Crippen molar-refractivity contribution in [3.05, 3.63) is 55.1 Å². The van der Waals surface area contributed by atoms with E-state index < -0.39 is 10.0 Å². The van der Waals surface area contributed by atoms with Crippen LogP contribution in [0.5, 0.6) is 0 Å². The molecule has 1 N–H and O–H groups in total. The van der Waals surface area contributed by atoms with Crippen molar-refractivity contribution < 1.29 is 8.42 Å². The average molecular weight is 247 g/mol. The van der Waals surface area contributed by atoms with Crippen LogP contribution in [0.2, 0.25) is 0 Å². The van der Waals surface area contributed by atoms with Gasteiger partial charge in [0.1, 0.15) is 0 Å². The van der Waals surface area contributed by atoms with E-state index in [2.05, 4.69) is 11.3 Å². The van der Waals surface area contributed by atoms with Gasteiger partial charge in [0, 0.05) is 5.39 Å². The summed E-state index contributed by atoms with van der Waals surface area (Å²) >= 11 is 0. The molecule has 0 bridgehead atoms. The van der Waals surface area contributed by atoms with Crippen LogP contribution in [0.3, 0.4) is 0 Å². The van der Waals surface area contributed by atoms with Crippen LogP contribution in [0, 0.1) is 0 Å². The Hall–Kier alpha value is -1.81. The lowest BCUT2D eigenvalue weighted by Gasteiger charge is -2.09. The standard InChI is InChI=1S/C13H13NO2S/c1-2-10-17(15,16)14-13-9-5-7-11-6-3-4-8-12(11)13/h2-9,14H,1,10H2. The van der Waals surface area contributed by atoms with Crippen molar-refractivity contribution in [3.8, 4) is 0 Å². The summed E-state index contributed by atoms with van der Waals surface area (Å²) in [6.07, 6.45) is 1.37.